The third kappa shape index (κ3) is 8.07. The Labute approximate surface area is 238 Å². The molecular formula is C31H36F3N5O2. The first-order valence-corrected chi connectivity index (χ1v) is 13.5. The largest absolute Gasteiger partial charge is 0.486 e. The van der Waals surface area contributed by atoms with Gasteiger partial charge in [-0.1, -0.05) is 62.4 Å². The molecule has 1 amide bonds. The molecule has 7 nitrogen and oxygen atoms in total. The van der Waals surface area contributed by atoms with Gasteiger partial charge in [0.1, 0.15) is 11.9 Å². The normalized spacial score (nSPS) is 15.9. The van der Waals surface area contributed by atoms with Gasteiger partial charge >= 0.3 is 6.18 Å². The van der Waals surface area contributed by atoms with Gasteiger partial charge in [-0.05, 0) is 83.3 Å². The second-order valence-corrected chi connectivity index (χ2v) is 11.3. The molecule has 218 valence electrons. The van der Waals surface area contributed by atoms with Gasteiger partial charge in [-0.3, -0.25) is 4.79 Å². The molecule has 1 heterocycles. The molecule has 1 aliphatic rings. The molecule has 3 N–H and O–H groups in total. The van der Waals surface area contributed by atoms with Crippen LogP contribution >= 0.6 is 0 Å². The van der Waals surface area contributed by atoms with Crippen LogP contribution in [0.4, 0.5) is 13.2 Å². The third-order valence-electron chi connectivity index (χ3n) is 6.99. The average Bonchev–Trinajstić information content (AvgIpc) is 3.42. The molecule has 1 aliphatic heterocycles. The molecule has 0 spiro atoms. The number of hydrogen-bond donors (Lipinski definition) is 3. The van der Waals surface area contributed by atoms with Gasteiger partial charge in [0, 0.05) is 12.0 Å². The number of rotatable bonds is 9. The minimum Gasteiger partial charge on any atom is -0.486 e. The molecule has 3 aromatic carbocycles. The van der Waals surface area contributed by atoms with Gasteiger partial charge in [-0.2, -0.15) is 18.6 Å². The van der Waals surface area contributed by atoms with E-state index in [4.69, 9.17) is 4.74 Å². The van der Waals surface area contributed by atoms with Gasteiger partial charge in [-0.25, -0.2) is 5.53 Å². The SMILES string of the molecule is Cc1cc(OC(CCC(F)(F)F)c2ccc(C(=O)NCC3N=NNN3)cc2)cc(C)c1-c1ccc(C(C)(C)C)cc1. The predicted octanol–water partition coefficient (Wildman–Crippen LogP) is 7.26. The van der Waals surface area contributed by atoms with E-state index < -0.39 is 18.7 Å². The van der Waals surface area contributed by atoms with Crippen LogP contribution in [0.5, 0.6) is 5.75 Å². The highest BCUT2D eigenvalue weighted by Gasteiger charge is 2.30. The van der Waals surface area contributed by atoms with Gasteiger partial charge in [0.25, 0.3) is 5.91 Å². The lowest BCUT2D eigenvalue weighted by Gasteiger charge is -2.23. The lowest BCUT2D eigenvalue weighted by Crippen LogP contribution is -2.40. The van der Waals surface area contributed by atoms with Crippen LogP contribution in [0.3, 0.4) is 0 Å². The number of hydrazine groups is 1. The molecule has 0 radical (unpaired) electrons. The summed E-state index contributed by atoms with van der Waals surface area (Å²) in [6.45, 7) is 10.7. The molecule has 0 aromatic heterocycles. The number of hydrogen-bond acceptors (Lipinski definition) is 6. The number of aryl methyl sites for hydroxylation is 2. The summed E-state index contributed by atoms with van der Waals surface area (Å²) < 4.78 is 45.8. The molecule has 0 bridgehead atoms. The number of nitrogens with zero attached hydrogens (tertiary/aromatic N) is 2. The van der Waals surface area contributed by atoms with Gasteiger partial charge in [-0.15, -0.1) is 5.11 Å². The highest BCUT2D eigenvalue weighted by atomic mass is 19.4. The van der Waals surface area contributed by atoms with E-state index in [0.29, 0.717) is 16.9 Å². The Bertz CT molecular complexity index is 1360. The van der Waals surface area contributed by atoms with Gasteiger partial charge in [0.2, 0.25) is 0 Å². The third-order valence-corrected chi connectivity index (χ3v) is 6.99. The van der Waals surface area contributed by atoms with Gasteiger partial charge in [0.05, 0.1) is 6.54 Å². The number of amides is 1. The first kappa shape index (κ1) is 30.0. The fraction of sp³-hybridized carbons (Fsp3) is 0.387. The van der Waals surface area contributed by atoms with Gasteiger partial charge < -0.3 is 10.1 Å². The van der Waals surface area contributed by atoms with E-state index in [1.165, 1.54) is 5.56 Å². The Morgan fingerprint density at radius 3 is 2.17 bits per heavy atom. The minimum atomic E-state index is -4.32. The summed E-state index contributed by atoms with van der Waals surface area (Å²) in [5, 5.41) is 10.2. The molecule has 10 heteroatoms. The molecule has 3 aromatic rings. The van der Waals surface area contributed by atoms with E-state index in [9.17, 15) is 18.0 Å². The van der Waals surface area contributed by atoms with Crippen molar-refractivity contribution in [1.29, 1.82) is 0 Å². The topological polar surface area (TPSA) is 87.1 Å². The molecule has 2 atom stereocenters. The number of nitrogens with one attached hydrogen (secondary N) is 3. The van der Waals surface area contributed by atoms with E-state index in [0.717, 1.165) is 22.3 Å². The summed E-state index contributed by atoms with van der Waals surface area (Å²) in [5.41, 5.74) is 11.5. The van der Waals surface area contributed by atoms with Crippen LogP contribution in [-0.4, -0.2) is 24.8 Å². The highest BCUT2D eigenvalue weighted by Crippen LogP contribution is 2.36. The zero-order valence-electron chi connectivity index (χ0n) is 23.9. The highest BCUT2D eigenvalue weighted by molar-refractivity contribution is 5.94. The van der Waals surface area contributed by atoms with Crippen molar-refractivity contribution >= 4 is 5.91 Å². The van der Waals surface area contributed by atoms with E-state index in [2.05, 4.69) is 71.7 Å². The van der Waals surface area contributed by atoms with Crippen molar-refractivity contribution in [3.63, 3.8) is 0 Å². The Morgan fingerprint density at radius 1 is 1.00 bits per heavy atom. The summed E-state index contributed by atoms with van der Waals surface area (Å²) >= 11 is 0. The molecule has 0 saturated carbocycles. The Hall–Kier alpha value is -3.92. The molecule has 4 rings (SSSR count). The second kappa shape index (κ2) is 12.3. The maximum Gasteiger partial charge on any atom is 0.389 e. The van der Waals surface area contributed by atoms with Crippen molar-refractivity contribution in [1.82, 2.24) is 16.3 Å². The van der Waals surface area contributed by atoms with Crippen molar-refractivity contribution < 1.29 is 22.7 Å². The molecular weight excluding hydrogens is 531 g/mol. The van der Waals surface area contributed by atoms with Crippen LogP contribution in [0.1, 0.15) is 72.3 Å². The number of halogens is 3. The smallest absolute Gasteiger partial charge is 0.389 e. The second-order valence-electron chi connectivity index (χ2n) is 11.3. The number of ether oxygens (including phenoxy) is 1. The van der Waals surface area contributed by atoms with E-state index in [-0.39, 0.29) is 30.5 Å². The van der Waals surface area contributed by atoms with Crippen LogP contribution in [0.15, 0.2) is 71.0 Å². The van der Waals surface area contributed by atoms with Crippen molar-refractivity contribution in [3.8, 4) is 16.9 Å². The maximum absolute atomic E-state index is 13.2. The molecule has 0 fully saturated rings. The van der Waals surface area contributed by atoms with Gasteiger partial charge in [0.15, 0.2) is 6.17 Å². The molecule has 0 saturated heterocycles. The predicted molar refractivity (Wildman–Crippen MR) is 152 cm³/mol. The van der Waals surface area contributed by atoms with Crippen LogP contribution in [0.2, 0.25) is 0 Å². The number of carbonyl (C=O) groups excluding carboxylic acids is 1. The van der Waals surface area contributed by atoms with E-state index in [1.807, 2.05) is 26.0 Å². The fourth-order valence-corrected chi connectivity index (χ4v) is 4.80. The zero-order chi connectivity index (χ0) is 29.8. The lowest BCUT2D eigenvalue weighted by molar-refractivity contribution is -0.139. The number of carbonyl (C=O) groups is 1. The van der Waals surface area contributed by atoms with Crippen molar-refractivity contribution in [2.45, 2.75) is 71.3 Å². The lowest BCUT2D eigenvalue weighted by atomic mass is 9.85. The zero-order valence-corrected chi connectivity index (χ0v) is 23.9. The first-order valence-electron chi connectivity index (χ1n) is 13.5. The molecule has 2 unspecified atom stereocenters. The summed E-state index contributed by atoms with van der Waals surface area (Å²) in [4.78, 5) is 12.5. The fourth-order valence-electron chi connectivity index (χ4n) is 4.80. The van der Waals surface area contributed by atoms with Crippen molar-refractivity contribution in [2.75, 3.05) is 6.54 Å². The number of benzene rings is 3. The maximum atomic E-state index is 13.2. The van der Waals surface area contributed by atoms with Crippen molar-refractivity contribution in [3.05, 3.63) is 88.5 Å². The quantitative estimate of drug-likeness (QED) is 0.254. The monoisotopic (exact) mass is 567 g/mol. The number of alkyl halides is 3. The van der Waals surface area contributed by atoms with Crippen molar-refractivity contribution in [2.24, 2.45) is 10.3 Å². The Balaban J connectivity index is 1.52. The standard InChI is InChI=1S/C31H36F3N5O2/c1-19-16-25(17-20(2)28(19)22-10-12-24(13-11-22)30(3,4)5)41-26(14-15-31(32,33)34)21-6-8-23(9-7-21)29(40)35-18-27-36-38-39-37-27/h6-13,16-17,26-27H,14-15,18H2,1-5H3,(H,35,40)(H,36,39)(H,37,38). The Kier molecular flexibility index (Phi) is 9.01. The van der Waals surface area contributed by atoms with Crippen LogP contribution < -0.4 is 21.0 Å². The van der Waals surface area contributed by atoms with Crippen LogP contribution in [-0.2, 0) is 5.41 Å². The van der Waals surface area contributed by atoms with Crippen LogP contribution in [0, 0.1) is 13.8 Å². The average molecular weight is 568 g/mol. The molecule has 0 aliphatic carbocycles. The van der Waals surface area contributed by atoms with Crippen LogP contribution in [0.25, 0.3) is 11.1 Å². The Morgan fingerprint density at radius 2 is 1.63 bits per heavy atom. The minimum absolute atomic E-state index is 0.0468. The first-order chi connectivity index (χ1) is 19.3. The summed E-state index contributed by atoms with van der Waals surface area (Å²) in [6.07, 6.45) is -6.79. The molecule has 41 heavy (non-hydrogen) atoms. The summed E-state index contributed by atoms with van der Waals surface area (Å²) in [6, 6.07) is 18.6. The summed E-state index contributed by atoms with van der Waals surface area (Å²) in [5.74, 6) is 0.168. The van der Waals surface area contributed by atoms with E-state index >= 15 is 0 Å². The summed E-state index contributed by atoms with van der Waals surface area (Å²) in [7, 11) is 0. The van der Waals surface area contributed by atoms with E-state index in [1.54, 1.807) is 24.3 Å².